The van der Waals surface area contributed by atoms with E-state index in [1.165, 1.54) is 23.4 Å². The van der Waals surface area contributed by atoms with Crippen LogP contribution in [0, 0.1) is 5.82 Å². The van der Waals surface area contributed by atoms with Crippen molar-refractivity contribution >= 4 is 11.4 Å². The largest absolute Gasteiger partial charge is 0.342 e. The number of nitrogens with one attached hydrogen (secondary N) is 1. The molecule has 0 aliphatic carbocycles. The fourth-order valence-electron chi connectivity index (χ4n) is 2.44. The minimum atomic E-state index is -0.201. The standard InChI is InChI=1S/C18H23FN2/c1-3-13-20-14-15-7-5-6-8-18(15)21(4-2)17-11-9-16(19)10-12-17/h5-12,20H,3-4,13-14H2,1-2H3. The average molecular weight is 286 g/mol. The molecule has 21 heavy (non-hydrogen) atoms. The molecule has 2 aromatic rings. The van der Waals surface area contributed by atoms with E-state index in [1.54, 1.807) is 0 Å². The van der Waals surface area contributed by atoms with Gasteiger partial charge in [-0.25, -0.2) is 4.39 Å². The lowest BCUT2D eigenvalue weighted by Crippen LogP contribution is -2.20. The van der Waals surface area contributed by atoms with Gasteiger partial charge in [0, 0.05) is 24.5 Å². The van der Waals surface area contributed by atoms with Crippen LogP contribution in [0.2, 0.25) is 0 Å². The number of halogens is 1. The molecule has 0 bridgehead atoms. The van der Waals surface area contributed by atoms with Gasteiger partial charge in [0.15, 0.2) is 0 Å². The molecule has 112 valence electrons. The highest BCUT2D eigenvalue weighted by atomic mass is 19.1. The smallest absolute Gasteiger partial charge is 0.123 e. The number of benzene rings is 2. The fraction of sp³-hybridized carbons (Fsp3) is 0.333. The van der Waals surface area contributed by atoms with E-state index in [0.29, 0.717) is 0 Å². The molecule has 0 radical (unpaired) electrons. The van der Waals surface area contributed by atoms with Crippen LogP contribution in [0.25, 0.3) is 0 Å². The maximum absolute atomic E-state index is 13.1. The van der Waals surface area contributed by atoms with Crippen LogP contribution < -0.4 is 10.2 Å². The molecule has 0 aliphatic heterocycles. The summed E-state index contributed by atoms with van der Waals surface area (Å²) >= 11 is 0. The average Bonchev–Trinajstić information content (AvgIpc) is 2.51. The minimum Gasteiger partial charge on any atom is -0.342 e. The van der Waals surface area contributed by atoms with Crippen molar-refractivity contribution in [3.63, 3.8) is 0 Å². The Morgan fingerprint density at radius 3 is 2.38 bits per heavy atom. The summed E-state index contributed by atoms with van der Waals surface area (Å²) in [5, 5.41) is 3.44. The monoisotopic (exact) mass is 286 g/mol. The molecule has 2 rings (SSSR count). The third-order valence-electron chi connectivity index (χ3n) is 3.48. The predicted molar refractivity (Wildman–Crippen MR) is 87.5 cm³/mol. The summed E-state index contributed by atoms with van der Waals surface area (Å²) in [6.45, 7) is 6.98. The van der Waals surface area contributed by atoms with Crippen LogP contribution in [-0.2, 0) is 6.54 Å². The van der Waals surface area contributed by atoms with Gasteiger partial charge in [-0.15, -0.1) is 0 Å². The summed E-state index contributed by atoms with van der Waals surface area (Å²) in [6.07, 6.45) is 1.12. The third kappa shape index (κ3) is 4.05. The maximum Gasteiger partial charge on any atom is 0.123 e. The Bertz CT molecular complexity index is 551. The molecule has 2 aromatic carbocycles. The van der Waals surface area contributed by atoms with Crippen molar-refractivity contribution in [1.82, 2.24) is 5.32 Å². The molecule has 0 saturated carbocycles. The zero-order chi connectivity index (χ0) is 15.1. The van der Waals surface area contributed by atoms with Crippen molar-refractivity contribution in [2.75, 3.05) is 18.0 Å². The van der Waals surface area contributed by atoms with Gasteiger partial charge in [-0.3, -0.25) is 0 Å². The highest BCUT2D eigenvalue weighted by Crippen LogP contribution is 2.28. The Morgan fingerprint density at radius 1 is 1.00 bits per heavy atom. The van der Waals surface area contributed by atoms with Crippen molar-refractivity contribution in [2.24, 2.45) is 0 Å². The number of hydrogen-bond donors (Lipinski definition) is 1. The Kier molecular flexibility index (Phi) is 5.76. The van der Waals surface area contributed by atoms with Crippen LogP contribution in [0.1, 0.15) is 25.8 Å². The highest BCUT2D eigenvalue weighted by Gasteiger charge is 2.11. The van der Waals surface area contributed by atoms with Gasteiger partial charge >= 0.3 is 0 Å². The van der Waals surface area contributed by atoms with Gasteiger partial charge in [0.2, 0.25) is 0 Å². The van der Waals surface area contributed by atoms with Gasteiger partial charge < -0.3 is 10.2 Å². The normalized spacial score (nSPS) is 10.6. The van der Waals surface area contributed by atoms with Gasteiger partial charge in [0.1, 0.15) is 5.82 Å². The Labute approximate surface area is 126 Å². The summed E-state index contributed by atoms with van der Waals surface area (Å²) in [7, 11) is 0. The van der Waals surface area contributed by atoms with E-state index in [1.807, 2.05) is 18.2 Å². The molecule has 0 aliphatic rings. The van der Waals surface area contributed by atoms with E-state index in [-0.39, 0.29) is 5.82 Å². The van der Waals surface area contributed by atoms with E-state index >= 15 is 0 Å². The minimum absolute atomic E-state index is 0.201. The van der Waals surface area contributed by atoms with Crippen LogP contribution in [-0.4, -0.2) is 13.1 Å². The highest BCUT2D eigenvalue weighted by molar-refractivity contribution is 5.66. The number of para-hydroxylation sites is 1. The van der Waals surface area contributed by atoms with E-state index in [4.69, 9.17) is 0 Å². The van der Waals surface area contributed by atoms with Crippen molar-refractivity contribution in [1.29, 1.82) is 0 Å². The van der Waals surface area contributed by atoms with Crippen molar-refractivity contribution in [3.8, 4) is 0 Å². The van der Waals surface area contributed by atoms with Crippen LogP contribution in [0.3, 0.4) is 0 Å². The van der Waals surface area contributed by atoms with Crippen LogP contribution in [0.5, 0.6) is 0 Å². The first-order chi connectivity index (χ1) is 10.3. The topological polar surface area (TPSA) is 15.3 Å². The van der Waals surface area contributed by atoms with Crippen molar-refractivity contribution in [2.45, 2.75) is 26.8 Å². The summed E-state index contributed by atoms with van der Waals surface area (Å²) in [6, 6.07) is 15.0. The zero-order valence-corrected chi connectivity index (χ0v) is 12.8. The second-order valence-electron chi connectivity index (χ2n) is 5.03. The van der Waals surface area contributed by atoms with Gasteiger partial charge in [-0.05, 0) is 55.8 Å². The molecular weight excluding hydrogens is 263 g/mol. The first kappa shape index (κ1) is 15.5. The quantitative estimate of drug-likeness (QED) is 0.755. The van der Waals surface area contributed by atoms with Crippen molar-refractivity contribution in [3.05, 3.63) is 59.9 Å². The van der Waals surface area contributed by atoms with E-state index < -0.39 is 0 Å². The summed E-state index contributed by atoms with van der Waals surface area (Å²) in [5.74, 6) is -0.201. The molecule has 0 fully saturated rings. The van der Waals surface area contributed by atoms with E-state index in [9.17, 15) is 4.39 Å². The number of anilines is 2. The molecule has 0 spiro atoms. The van der Waals surface area contributed by atoms with E-state index in [2.05, 4.69) is 42.3 Å². The number of rotatable bonds is 7. The summed E-state index contributed by atoms with van der Waals surface area (Å²) < 4.78 is 13.1. The molecule has 0 aromatic heterocycles. The molecule has 0 unspecified atom stereocenters. The van der Waals surface area contributed by atoms with Gasteiger partial charge in [-0.1, -0.05) is 25.1 Å². The molecule has 0 heterocycles. The lowest BCUT2D eigenvalue weighted by molar-refractivity contribution is 0.627. The molecule has 0 atom stereocenters. The third-order valence-corrected chi connectivity index (χ3v) is 3.48. The summed E-state index contributed by atoms with van der Waals surface area (Å²) in [4.78, 5) is 2.21. The second-order valence-corrected chi connectivity index (χ2v) is 5.03. The van der Waals surface area contributed by atoms with Gasteiger partial charge in [0.25, 0.3) is 0 Å². The van der Waals surface area contributed by atoms with Crippen molar-refractivity contribution < 1.29 is 4.39 Å². The Balaban J connectivity index is 2.27. The Hall–Kier alpha value is -1.87. The van der Waals surface area contributed by atoms with Crippen LogP contribution >= 0.6 is 0 Å². The Morgan fingerprint density at radius 2 is 1.71 bits per heavy atom. The van der Waals surface area contributed by atoms with Gasteiger partial charge in [0.05, 0.1) is 0 Å². The molecule has 3 heteroatoms. The fourth-order valence-corrected chi connectivity index (χ4v) is 2.44. The first-order valence-electron chi connectivity index (χ1n) is 7.58. The predicted octanol–water partition coefficient (Wildman–Crippen LogP) is 4.48. The molecule has 0 saturated heterocycles. The molecule has 0 amide bonds. The van der Waals surface area contributed by atoms with Crippen LogP contribution in [0.4, 0.5) is 15.8 Å². The summed E-state index contributed by atoms with van der Waals surface area (Å²) in [5.41, 5.74) is 3.45. The van der Waals surface area contributed by atoms with E-state index in [0.717, 1.165) is 31.7 Å². The SMILES string of the molecule is CCCNCc1ccccc1N(CC)c1ccc(F)cc1. The molecular formula is C18H23FN2. The molecule has 1 N–H and O–H groups in total. The maximum atomic E-state index is 13.1. The molecule has 2 nitrogen and oxygen atoms in total. The lowest BCUT2D eigenvalue weighted by atomic mass is 10.1. The number of hydrogen-bond acceptors (Lipinski definition) is 2. The zero-order valence-electron chi connectivity index (χ0n) is 12.8. The second kappa shape index (κ2) is 7.79. The van der Waals surface area contributed by atoms with Gasteiger partial charge in [-0.2, -0.15) is 0 Å². The number of nitrogens with zero attached hydrogens (tertiary/aromatic N) is 1. The van der Waals surface area contributed by atoms with Crippen LogP contribution in [0.15, 0.2) is 48.5 Å². The lowest BCUT2D eigenvalue weighted by Gasteiger charge is -2.26. The first-order valence-corrected chi connectivity index (χ1v) is 7.58.